The highest BCUT2D eigenvalue weighted by Crippen LogP contribution is 2.26. The van der Waals surface area contributed by atoms with Gasteiger partial charge in [0.1, 0.15) is 11.3 Å². The number of aromatic nitrogens is 2. The highest BCUT2D eigenvalue weighted by molar-refractivity contribution is 8.00. The number of nitrogens with zero attached hydrogens (tertiary/aromatic N) is 2. The van der Waals surface area contributed by atoms with Crippen molar-refractivity contribution in [2.45, 2.75) is 10.1 Å². The zero-order valence-electron chi connectivity index (χ0n) is 7.68. The zero-order valence-corrected chi connectivity index (χ0v) is 9.32. The first kappa shape index (κ1) is 10.4. The van der Waals surface area contributed by atoms with Gasteiger partial charge in [-0.3, -0.25) is 0 Å². The molecule has 0 radical (unpaired) electrons. The van der Waals surface area contributed by atoms with Crippen LogP contribution >= 0.6 is 23.1 Å². The Morgan fingerprint density at radius 1 is 1.47 bits per heavy atom. The molecule has 6 heteroatoms. The van der Waals surface area contributed by atoms with E-state index in [-0.39, 0.29) is 11.5 Å². The maximum atomic E-state index is 13.5. The standard InChI is InChI=1S/C9H8FN3S2/c10-8-6(2-1-3-7(8)11)4-14-9-13-12-5-15-9/h1-3,5H,4,11H2. The van der Waals surface area contributed by atoms with Crippen molar-refractivity contribution < 1.29 is 4.39 Å². The Labute approximate surface area is 94.5 Å². The van der Waals surface area contributed by atoms with Crippen LogP contribution < -0.4 is 5.73 Å². The first-order valence-electron chi connectivity index (χ1n) is 4.19. The van der Waals surface area contributed by atoms with Crippen molar-refractivity contribution in [3.05, 3.63) is 35.1 Å². The number of thioether (sulfide) groups is 1. The Hall–Kier alpha value is -1.14. The molecule has 1 aromatic heterocycles. The van der Waals surface area contributed by atoms with Crippen LogP contribution in [0.2, 0.25) is 0 Å². The summed E-state index contributed by atoms with van der Waals surface area (Å²) in [7, 11) is 0. The minimum absolute atomic E-state index is 0.186. The summed E-state index contributed by atoms with van der Waals surface area (Å²) in [6, 6.07) is 5.02. The molecular weight excluding hydrogens is 233 g/mol. The number of rotatable bonds is 3. The minimum atomic E-state index is -0.338. The molecule has 15 heavy (non-hydrogen) atoms. The van der Waals surface area contributed by atoms with Crippen molar-refractivity contribution in [2.75, 3.05) is 5.73 Å². The lowest BCUT2D eigenvalue weighted by molar-refractivity contribution is 0.622. The molecule has 0 fully saturated rings. The second-order valence-electron chi connectivity index (χ2n) is 2.81. The Morgan fingerprint density at radius 2 is 2.33 bits per heavy atom. The normalized spacial score (nSPS) is 10.5. The summed E-state index contributed by atoms with van der Waals surface area (Å²) in [6.45, 7) is 0. The van der Waals surface area contributed by atoms with Crippen molar-refractivity contribution in [2.24, 2.45) is 0 Å². The van der Waals surface area contributed by atoms with Crippen molar-refractivity contribution in [3.63, 3.8) is 0 Å². The molecule has 1 aromatic carbocycles. The number of anilines is 1. The molecule has 78 valence electrons. The Bertz CT molecular complexity index is 445. The lowest BCUT2D eigenvalue weighted by atomic mass is 10.2. The third-order valence-electron chi connectivity index (χ3n) is 1.80. The van der Waals surface area contributed by atoms with Gasteiger partial charge in [0.15, 0.2) is 4.34 Å². The van der Waals surface area contributed by atoms with Crippen LogP contribution in [0.15, 0.2) is 28.0 Å². The van der Waals surface area contributed by atoms with Crippen molar-refractivity contribution in [1.82, 2.24) is 10.2 Å². The number of benzene rings is 1. The van der Waals surface area contributed by atoms with Gasteiger partial charge < -0.3 is 5.73 Å². The van der Waals surface area contributed by atoms with E-state index >= 15 is 0 Å². The van der Waals surface area contributed by atoms with E-state index in [0.717, 1.165) is 4.34 Å². The van der Waals surface area contributed by atoms with Gasteiger partial charge in [0, 0.05) is 11.3 Å². The van der Waals surface area contributed by atoms with E-state index in [9.17, 15) is 4.39 Å². The van der Waals surface area contributed by atoms with Gasteiger partial charge in [-0.15, -0.1) is 10.2 Å². The SMILES string of the molecule is Nc1cccc(CSc2nncs2)c1F. The monoisotopic (exact) mass is 241 g/mol. The van der Waals surface area contributed by atoms with E-state index in [1.165, 1.54) is 23.1 Å². The molecule has 0 amide bonds. The van der Waals surface area contributed by atoms with E-state index in [0.29, 0.717) is 11.3 Å². The molecule has 0 unspecified atom stereocenters. The van der Waals surface area contributed by atoms with Gasteiger partial charge in [-0.1, -0.05) is 35.2 Å². The molecule has 1 heterocycles. The molecule has 0 saturated heterocycles. The third-order valence-corrected chi connectivity index (χ3v) is 3.71. The van der Waals surface area contributed by atoms with Crippen molar-refractivity contribution in [1.29, 1.82) is 0 Å². The summed E-state index contributed by atoms with van der Waals surface area (Å²) in [4.78, 5) is 0. The molecule has 0 saturated carbocycles. The van der Waals surface area contributed by atoms with E-state index in [4.69, 9.17) is 5.73 Å². The van der Waals surface area contributed by atoms with E-state index in [1.807, 2.05) is 0 Å². The van der Waals surface area contributed by atoms with Gasteiger partial charge in [-0.05, 0) is 6.07 Å². The average Bonchev–Trinajstić information content (AvgIpc) is 2.73. The predicted molar refractivity (Wildman–Crippen MR) is 60.3 cm³/mol. The molecule has 3 nitrogen and oxygen atoms in total. The smallest absolute Gasteiger partial charge is 0.174 e. The fraction of sp³-hybridized carbons (Fsp3) is 0.111. The summed E-state index contributed by atoms with van der Waals surface area (Å²) in [5.74, 6) is 0.181. The molecule has 2 rings (SSSR count). The molecule has 0 atom stereocenters. The highest BCUT2D eigenvalue weighted by Gasteiger charge is 2.06. The summed E-state index contributed by atoms with van der Waals surface area (Å²) in [5, 5.41) is 7.56. The van der Waals surface area contributed by atoms with Gasteiger partial charge in [-0.2, -0.15) is 0 Å². The molecule has 0 aliphatic carbocycles. The van der Waals surface area contributed by atoms with Crippen LogP contribution in [0.25, 0.3) is 0 Å². The quantitative estimate of drug-likeness (QED) is 0.662. The van der Waals surface area contributed by atoms with Crippen LogP contribution in [0, 0.1) is 5.82 Å². The highest BCUT2D eigenvalue weighted by atomic mass is 32.2. The molecule has 2 N–H and O–H groups in total. The first-order valence-corrected chi connectivity index (χ1v) is 6.05. The topological polar surface area (TPSA) is 51.8 Å². The van der Waals surface area contributed by atoms with E-state index in [2.05, 4.69) is 10.2 Å². The summed E-state index contributed by atoms with van der Waals surface area (Å²) < 4.78 is 14.3. The number of nitrogen functional groups attached to an aromatic ring is 1. The first-order chi connectivity index (χ1) is 7.27. The summed E-state index contributed by atoms with van der Waals surface area (Å²) in [5.41, 5.74) is 7.89. The van der Waals surface area contributed by atoms with E-state index in [1.54, 1.807) is 23.7 Å². The Kier molecular flexibility index (Phi) is 3.17. The van der Waals surface area contributed by atoms with Crippen LogP contribution in [-0.4, -0.2) is 10.2 Å². The Morgan fingerprint density at radius 3 is 3.07 bits per heavy atom. The van der Waals surface area contributed by atoms with Crippen LogP contribution in [0.4, 0.5) is 10.1 Å². The van der Waals surface area contributed by atoms with Crippen LogP contribution in [0.1, 0.15) is 5.56 Å². The van der Waals surface area contributed by atoms with Gasteiger partial charge in [0.25, 0.3) is 0 Å². The lowest BCUT2D eigenvalue weighted by Gasteiger charge is -2.02. The Balaban J connectivity index is 2.08. The number of hydrogen-bond donors (Lipinski definition) is 1. The van der Waals surface area contributed by atoms with Crippen molar-refractivity contribution in [3.8, 4) is 0 Å². The number of halogens is 1. The summed E-state index contributed by atoms with van der Waals surface area (Å²) >= 11 is 2.89. The molecule has 0 aliphatic heterocycles. The molecule has 0 aliphatic rings. The van der Waals surface area contributed by atoms with Gasteiger partial charge in [0.2, 0.25) is 0 Å². The van der Waals surface area contributed by atoms with Crippen LogP contribution in [0.5, 0.6) is 0 Å². The molecular formula is C9H8FN3S2. The predicted octanol–water partition coefficient (Wildman–Crippen LogP) is 2.55. The summed E-state index contributed by atoms with van der Waals surface area (Å²) in [6.07, 6.45) is 0. The largest absolute Gasteiger partial charge is 0.396 e. The van der Waals surface area contributed by atoms with Gasteiger partial charge in [-0.25, -0.2) is 4.39 Å². The van der Waals surface area contributed by atoms with Gasteiger partial charge in [0.05, 0.1) is 5.69 Å². The maximum Gasteiger partial charge on any atom is 0.174 e. The fourth-order valence-corrected chi connectivity index (χ4v) is 2.54. The van der Waals surface area contributed by atoms with Gasteiger partial charge >= 0.3 is 0 Å². The number of nitrogens with two attached hydrogens (primary N) is 1. The third kappa shape index (κ3) is 2.45. The molecule has 0 spiro atoms. The average molecular weight is 241 g/mol. The second-order valence-corrected chi connectivity index (χ2v) is 4.87. The second kappa shape index (κ2) is 4.59. The fourth-order valence-electron chi connectivity index (χ4n) is 1.08. The maximum absolute atomic E-state index is 13.5. The van der Waals surface area contributed by atoms with Crippen molar-refractivity contribution >= 4 is 28.8 Å². The van der Waals surface area contributed by atoms with E-state index < -0.39 is 0 Å². The van der Waals surface area contributed by atoms with Crippen LogP contribution in [-0.2, 0) is 5.75 Å². The van der Waals surface area contributed by atoms with Crippen LogP contribution in [0.3, 0.4) is 0 Å². The minimum Gasteiger partial charge on any atom is -0.396 e. The number of hydrogen-bond acceptors (Lipinski definition) is 5. The lowest BCUT2D eigenvalue weighted by Crippen LogP contribution is -1.94. The molecule has 0 bridgehead atoms. The molecule has 2 aromatic rings. The zero-order chi connectivity index (χ0) is 10.7.